The van der Waals surface area contributed by atoms with Gasteiger partial charge >= 0.3 is 0 Å². The number of unbranched alkanes of at least 4 members (excludes halogenated alkanes) is 1. The van der Waals surface area contributed by atoms with Crippen molar-refractivity contribution in [1.82, 2.24) is 4.98 Å². The topological polar surface area (TPSA) is 31.4 Å². The van der Waals surface area contributed by atoms with Crippen LogP contribution in [0.1, 0.15) is 63.1 Å². The fourth-order valence-corrected chi connectivity index (χ4v) is 2.71. The van der Waals surface area contributed by atoms with Gasteiger partial charge in [-0.1, -0.05) is 32.8 Å². The lowest BCUT2D eigenvalue weighted by Gasteiger charge is -2.31. The number of aromatic nitrogens is 1. The van der Waals surface area contributed by atoms with E-state index in [9.17, 15) is 0 Å². The predicted octanol–water partition coefficient (Wildman–Crippen LogP) is 3.82. The van der Waals surface area contributed by atoms with Crippen LogP contribution in [-0.4, -0.2) is 17.2 Å². The number of fused-ring (bicyclic) bond motifs is 1. The predicted molar refractivity (Wildman–Crippen MR) is 74.4 cm³/mol. The minimum atomic E-state index is 0.351. The molecule has 2 heterocycles. The van der Waals surface area contributed by atoms with E-state index in [1.165, 1.54) is 31.2 Å². The fourth-order valence-electron chi connectivity index (χ4n) is 2.71. The second-order valence-electron chi connectivity index (χ2n) is 5.78. The molecule has 1 fully saturated rings. The molecule has 1 saturated carbocycles. The molecule has 0 bridgehead atoms. The van der Waals surface area contributed by atoms with E-state index in [1.807, 2.05) is 6.07 Å². The Morgan fingerprint density at radius 1 is 1.37 bits per heavy atom. The first-order chi connectivity index (χ1) is 9.28. The number of ether oxygens (including phenoxy) is 2. The van der Waals surface area contributed by atoms with E-state index in [0.717, 1.165) is 18.0 Å². The fraction of sp³-hybridized carbons (Fsp3) is 0.688. The van der Waals surface area contributed by atoms with Gasteiger partial charge in [-0.15, -0.1) is 0 Å². The molecule has 3 rings (SSSR count). The third kappa shape index (κ3) is 2.92. The number of rotatable bonds is 5. The minimum absolute atomic E-state index is 0.351. The standard InChI is InChI=1S/C16H23NO2/c1-3-4-5-15-11(2)13-8-9-16(19-12-6-7-12)17-14(13)10-18-15/h8-9,11-12,15H,3-7,10H2,1-2H3/t11-,15-/m0/s1. The summed E-state index contributed by atoms with van der Waals surface area (Å²) in [6, 6.07) is 4.21. The number of nitrogens with zero attached hydrogens (tertiary/aromatic N) is 1. The first-order valence-electron chi connectivity index (χ1n) is 7.56. The van der Waals surface area contributed by atoms with Crippen LogP contribution in [0.25, 0.3) is 0 Å². The van der Waals surface area contributed by atoms with Gasteiger partial charge in [0.15, 0.2) is 0 Å². The average Bonchev–Trinajstić information content (AvgIpc) is 3.22. The molecule has 0 unspecified atom stereocenters. The molecule has 3 heteroatoms. The molecule has 1 aliphatic heterocycles. The lowest BCUT2D eigenvalue weighted by molar-refractivity contribution is 0.00262. The third-order valence-corrected chi connectivity index (χ3v) is 4.12. The van der Waals surface area contributed by atoms with Crippen LogP contribution < -0.4 is 4.74 Å². The van der Waals surface area contributed by atoms with Gasteiger partial charge < -0.3 is 9.47 Å². The average molecular weight is 261 g/mol. The van der Waals surface area contributed by atoms with E-state index in [4.69, 9.17) is 9.47 Å². The molecule has 0 aromatic carbocycles. The zero-order valence-corrected chi connectivity index (χ0v) is 11.9. The van der Waals surface area contributed by atoms with Crippen molar-refractivity contribution in [2.75, 3.05) is 0 Å². The Kier molecular flexibility index (Phi) is 3.74. The van der Waals surface area contributed by atoms with Crippen LogP contribution >= 0.6 is 0 Å². The van der Waals surface area contributed by atoms with Gasteiger partial charge in [-0.3, -0.25) is 0 Å². The van der Waals surface area contributed by atoms with Gasteiger partial charge in [0.2, 0.25) is 5.88 Å². The van der Waals surface area contributed by atoms with Gasteiger partial charge in [0.25, 0.3) is 0 Å². The summed E-state index contributed by atoms with van der Waals surface area (Å²) in [6.07, 6.45) is 6.72. The van der Waals surface area contributed by atoms with Crippen molar-refractivity contribution in [3.8, 4) is 5.88 Å². The summed E-state index contributed by atoms with van der Waals surface area (Å²) in [7, 11) is 0. The molecular weight excluding hydrogens is 238 g/mol. The van der Waals surface area contributed by atoms with E-state index in [0.29, 0.717) is 24.7 Å². The zero-order chi connectivity index (χ0) is 13.2. The maximum atomic E-state index is 5.98. The third-order valence-electron chi connectivity index (χ3n) is 4.12. The first-order valence-corrected chi connectivity index (χ1v) is 7.56. The van der Waals surface area contributed by atoms with Crippen LogP contribution in [0.15, 0.2) is 12.1 Å². The molecule has 2 aliphatic rings. The van der Waals surface area contributed by atoms with Crippen LogP contribution in [0, 0.1) is 0 Å². The summed E-state index contributed by atoms with van der Waals surface area (Å²) in [5.41, 5.74) is 2.41. The van der Waals surface area contributed by atoms with Crippen molar-refractivity contribution < 1.29 is 9.47 Å². The van der Waals surface area contributed by atoms with Crippen molar-refractivity contribution in [3.63, 3.8) is 0 Å². The SMILES string of the molecule is CCCC[C@@H]1OCc2nc(OC3CC3)ccc2[C@@H]1C. The Bertz CT molecular complexity index is 442. The quantitative estimate of drug-likeness (QED) is 0.807. The number of hydrogen-bond donors (Lipinski definition) is 0. The molecule has 2 atom stereocenters. The van der Waals surface area contributed by atoms with Crippen LogP contribution in [0.4, 0.5) is 0 Å². The second kappa shape index (κ2) is 5.49. The Hall–Kier alpha value is -1.09. The van der Waals surface area contributed by atoms with Crippen LogP contribution in [0.5, 0.6) is 5.88 Å². The normalized spacial score (nSPS) is 26.0. The van der Waals surface area contributed by atoms with E-state index < -0.39 is 0 Å². The van der Waals surface area contributed by atoms with Crippen molar-refractivity contribution in [1.29, 1.82) is 0 Å². The summed E-state index contributed by atoms with van der Waals surface area (Å²) in [5.74, 6) is 1.21. The monoisotopic (exact) mass is 261 g/mol. The Morgan fingerprint density at radius 3 is 2.95 bits per heavy atom. The van der Waals surface area contributed by atoms with Gasteiger partial charge in [0.05, 0.1) is 18.4 Å². The van der Waals surface area contributed by atoms with Gasteiger partial charge in [-0.25, -0.2) is 4.98 Å². The maximum absolute atomic E-state index is 5.98. The van der Waals surface area contributed by atoms with E-state index in [2.05, 4.69) is 24.9 Å². The smallest absolute Gasteiger partial charge is 0.213 e. The minimum Gasteiger partial charge on any atom is -0.474 e. The summed E-state index contributed by atoms with van der Waals surface area (Å²) in [4.78, 5) is 4.61. The molecule has 1 aromatic rings. The Balaban J connectivity index is 1.72. The summed E-state index contributed by atoms with van der Waals surface area (Å²) in [5, 5.41) is 0. The summed E-state index contributed by atoms with van der Waals surface area (Å²) in [6.45, 7) is 5.11. The number of hydrogen-bond acceptors (Lipinski definition) is 3. The summed E-state index contributed by atoms with van der Waals surface area (Å²) < 4.78 is 11.7. The Morgan fingerprint density at radius 2 is 2.21 bits per heavy atom. The second-order valence-corrected chi connectivity index (χ2v) is 5.78. The highest BCUT2D eigenvalue weighted by Gasteiger charge is 2.29. The highest BCUT2D eigenvalue weighted by molar-refractivity contribution is 5.31. The molecule has 1 aromatic heterocycles. The van der Waals surface area contributed by atoms with E-state index in [1.54, 1.807) is 0 Å². The van der Waals surface area contributed by atoms with Crippen molar-refractivity contribution in [2.45, 2.75) is 70.7 Å². The van der Waals surface area contributed by atoms with Crippen molar-refractivity contribution >= 4 is 0 Å². The molecule has 0 spiro atoms. The lowest BCUT2D eigenvalue weighted by Crippen LogP contribution is -2.27. The highest BCUT2D eigenvalue weighted by Crippen LogP contribution is 2.34. The van der Waals surface area contributed by atoms with Gasteiger partial charge in [0.1, 0.15) is 6.10 Å². The van der Waals surface area contributed by atoms with Crippen LogP contribution in [0.3, 0.4) is 0 Å². The molecule has 0 radical (unpaired) electrons. The van der Waals surface area contributed by atoms with Crippen LogP contribution in [-0.2, 0) is 11.3 Å². The van der Waals surface area contributed by atoms with Gasteiger partial charge in [-0.2, -0.15) is 0 Å². The zero-order valence-electron chi connectivity index (χ0n) is 11.9. The molecule has 0 amide bonds. The van der Waals surface area contributed by atoms with Crippen molar-refractivity contribution in [3.05, 3.63) is 23.4 Å². The number of pyridine rings is 1. The Labute approximate surface area is 115 Å². The molecule has 19 heavy (non-hydrogen) atoms. The summed E-state index contributed by atoms with van der Waals surface area (Å²) >= 11 is 0. The van der Waals surface area contributed by atoms with Gasteiger partial charge in [-0.05, 0) is 24.8 Å². The molecule has 3 nitrogen and oxygen atoms in total. The molecule has 104 valence electrons. The van der Waals surface area contributed by atoms with Gasteiger partial charge in [0, 0.05) is 12.0 Å². The molecule has 1 aliphatic carbocycles. The molecule has 0 N–H and O–H groups in total. The van der Waals surface area contributed by atoms with Crippen molar-refractivity contribution in [2.24, 2.45) is 0 Å². The van der Waals surface area contributed by atoms with E-state index >= 15 is 0 Å². The highest BCUT2D eigenvalue weighted by atomic mass is 16.5. The van der Waals surface area contributed by atoms with E-state index in [-0.39, 0.29) is 0 Å². The lowest BCUT2D eigenvalue weighted by atomic mass is 9.89. The molecular formula is C16H23NO2. The maximum Gasteiger partial charge on any atom is 0.213 e. The molecule has 0 saturated heterocycles. The van der Waals surface area contributed by atoms with Crippen LogP contribution in [0.2, 0.25) is 0 Å². The largest absolute Gasteiger partial charge is 0.474 e. The first kappa shape index (κ1) is 12.9.